The maximum absolute atomic E-state index is 13.7. The molecule has 2 aliphatic heterocycles. The van der Waals surface area contributed by atoms with E-state index >= 15 is 0 Å². The number of benzene rings is 2. The first kappa shape index (κ1) is 26.2. The first-order valence-electron chi connectivity index (χ1n) is 12.7. The molecule has 0 N–H and O–H groups in total. The molecule has 8 nitrogen and oxygen atoms in total. The molecule has 2 unspecified atom stereocenters. The quantitative estimate of drug-likeness (QED) is 0.415. The van der Waals surface area contributed by atoms with Gasteiger partial charge in [0.2, 0.25) is 10.0 Å². The number of fused-ring (bicyclic) bond motifs is 1. The summed E-state index contributed by atoms with van der Waals surface area (Å²) >= 11 is 1.48. The number of rotatable bonds is 8. The van der Waals surface area contributed by atoms with Crippen LogP contribution >= 0.6 is 11.3 Å². The number of likely N-dealkylation sites (N-methyl/N-ethyl adjacent to an activating group) is 1. The van der Waals surface area contributed by atoms with E-state index in [0.29, 0.717) is 37.0 Å². The van der Waals surface area contributed by atoms with Crippen molar-refractivity contribution in [1.29, 1.82) is 0 Å². The minimum atomic E-state index is -3.69. The number of aromatic nitrogens is 1. The zero-order valence-electron chi connectivity index (χ0n) is 21.5. The first-order valence-corrected chi connectivity index (χ1v) is 15.0. The van der Waals surface area contributed by atoms with Crippen LogP contribution in [0.3, 0.4) is 0 Å². The van der Waals surface area contributed by atoms with Crippen LogP contribution in [-0.4, -0.2) is 69.2 Å². The highest BCUT2D eigenvalue weighted by molar-refractivity contribution is 7.89. The summed E-state index contributed by atoms with van der Waals surface area (Å²) in [5.41, 5.74) is 3.61. The number of carbonyl (C=O) groups is 1. The van der Waals surface area contributed by atoms with Gasteiger partial charge in [0.15, 0.2) is 5.13 Å². The molecule has 0 aliphatic carbocycles. The van der Waals surface area contributed by atoms with Crippen molar-refractivity contribution >= 4 is 42.6 Å². The zero-order chi connectivity index (χ0) is 26.2. The number of aryl methyl sites for hydroxylation is 2. The predicted octanol–water partition coefficient (Wildman–Crippen LogP) is 4.54. The Kier molecular flexibility index (Phi) is 7.65. The van der Waals surface area contributed by atoms with E-state index in [1.807, 2.05) is 6.07 Å². The van der Waals surface area contributed by atoms with E-state index in [9.17, 15) is 13.2 Å². The standard InChI is InChI=1S/C27H33N3O5S2/c1-18-14-24-25(15-19(18)2)36-27(28-24)30(17-22-7-5-13-35-22)26(31)20-8-10-23(11-9-20)37(32,33)29(3)16-21-6-4-12-34-21/h8-11,14-15,21-22H,4-7,12-13,16-17H2,1-3H3. The summed E-state index contributed by atoms with van der Waals surface area (Å²) in [7, 11) is -2.12. The molecular weight excluding hydrogens is 510 g/mol. The van der Waals surface area contributed by atoms with Crippen LogP contribution in [0.1, 0.15) is 47.2 Å². The minimum absolute atomic E-state index is 0.0504. The molecule has 2 fully saturated rings. The molecule has 0 spiro atoms. The van der Waals surface area contributed by atoms with Crippen molar-refractivity contribution in [1.82, 2.24) is 9.29 Å². The third-order valence-corrected chi connectivity index (χ3v) is 10.1. The lowest BCUT2D eigenvalue weighted by atomic mass is 10.1. The van der Waals surface area contributed by atoms with Crippen molar-refractivity contribution in [3.63, 3.8) is 0 Å². The van der Waals surface area contributed by atoms with E-state index < -0.39 is 10.0 Å². The van der Waals surface area contributed by atoms with Crippen LogP contribution in [0.2, 0.25) is 0 Å². The fourth-order valence-electron chi connectivity index (χ4n) is 4.80. The van der Waals surface area contributed by atoms with Crippen LogP contribution < -0.4 is 4.90 Å². The SMILES string of the molecule is Cc1cc2nc(N(CC3CCCO3)C(=O)c3ccc(S(=O)(=O)N(C)CC4CCCO4)cc3)sc2cc1C. The molecule has 10 heteroatoms. The highest BCUT2D eigenvalue weighted by Gasteiger charge is 2.29. The summed E-state index contributed by atoms with van der Waals surface area (Å²) in [4.78, 5) is 20.3. The van der Waals surface area contributed by atoms with Crippen LogP contribution in [0.5, 0.6) is 0 Å². The Balaban J connectivity index is 1.40. The summed E-state index contributed by atoms with van der Waals surface area (Å²) in [6, 6.07) is 10.3. The number of hydrogen-bond donors (Lipinski definition) is 0. The number of amides is 1. The second kappa shape index (κ2) is 10.8. The molecule has 0 saturated carbocycles. The van der Waals surface area contributed by atoms with Gasteiger partial charge in [-0.25, -0.2) is 13.4 Å². The van der Waals surface area contributed by atoms with E-state index in [2.05, 4.69) is 19.9 Å². The number of nitrogens with zero attached hydrogens (tertiary/aromatic N) is 3. The average Bonchev–Trinajstić information content (AvgIpc) is 3.65. The molecule has 0 bridgehead atoms. The first-order chi connectivity index (χ1) is 17.7. The van der Waals surface area contributed by atoms with Gasteiger partial charge in [0, 0.05) is 32.4 Å². The van der Waals surface area contributed by atoms with Crippen molar-refractivity contribution < 1.29 is 22.7 Å². The van der Waals surface area contributed by atoms with E-state index in [4.69, 9.17) is 14.5 Å². The van der Waals surface area contributed by atoms with Crippen molar-refractivity contribution in [2.45, 2.75) is 56.6 Å². The van der Waals surface area contributed by atoms with Gasteiger partial charge >= 0.3 is 0 Å². The Morgan fingerprint density at radius 3 is 2.24 bits per heavy atom. The van der Waals surface area contributed by atoms with Gasteiger partial charge in [0.25, 0.3) is 5.91 Å². The van der Waals surface area contributed by atoms with Gasteiger partial charge in [-0.15, -0.1) is 0 Å². The number of hydrogen-bond acceptors (Lipinski definition) is 7. The molecule has 5 rings (SSSR count). The van der Waals surface area contributed by atoms with Gasteiger partial charge in [-0.05, 0) is 87.1 Å². The molecule has 2 atom stereocenters. The van der Waals surface area contributed by atoms with E-state index in [-0.39, 0.29) is 23.0 Å². The second-order valence-corrected chi connectivity index (χ2v) is 13.0. The lowest BCUT2D eigenvalue weighted by Crippen LogP contribution is -2.37. The van der Waals surface area contributed by atoms with Crippen LogP contribution in [0.25, 0.3) is 10.2 Å². The summed E-state index contributed by atoms with van der Waals surface area (Å²) in [6.07, 6.45) is 3.54. The van der Waals surface area contributed by atoms with Crippen LogP contribution in [-0.2, 0) is 19.5 Å². The van der Waals surface area contributed by atoms with Crippen molar-refractivity contribution in [3.8, 4) is 0 Å². The normalized spacial score (nSPS) is 20.2. The summed E-state index contributed by atoms with van der Waals surface area (Å²) < 4.78 is 40.0. The maximum atomic E-state index is 13.7. The smallest absolute Gasteiger partial charge is 0.260 e. The summed E-state index contributed by atoms with van der Waals surface area (Å²) in [6.45, 7) is 6.20. The van der Waals surface area contributed by atoms with E-state index in [1.165, 1.54) is 33.3 Å². The number of ether oxygens (including phenoxy) is 2. The monoisotopic (exact) mass is 543 g/mol. The average molecular weight is 544 g/mol. The number of carbonyl (C=O) groups excluding carboxylic acids is 1. The van der Waals surface area contributed by atoms with Crippen LogP contribution in [0.4, 0.5) is 5.13 Å². The molecule has 0 radical (unpaired) electrons. The molecule has 3 heterocycles. The van der Waals surface area contributed by atoms with Crippen LogP contribution in [0, 0.1) is 13.8 Å². The van der Waals surface area contributed by atoms with E-state index in [0.717, 1.165) is 41.5 Å². The van der Waals surface area contributed by atoms with Crippen molar-refractivity contribution in [2.24, 2.45) is 0 Å². The summed E-state index contributed by atoms with van der Waals surface area (Å²) in [5.74, 6) is -0.223. The molecule has 2 aromatic carbocycles. The largest absolute Gasteiger partial charge is 0.377 e. The molecule has 1 amide bonds. The highest BCUT2D eigenvalue weighted by atomic mass is 32.2. The maximum Gasteiger partial charge on any atom is 0.260 e. The highest BCUT2D eigenvalue weighted by Crippen LogP contribution is 2.33. The van der Waals surface area contributed by atoms with Gasteiger partial charge in [0.1, 0.15) is 0 Å². The lowest BCUT2D eigenvalue weighted by Gasteiger charge is -2.23. The van der Waals surface area contributed by atoms with Gasteiger partial charge < -0.3 is 9.47 Å². The summed E-state index contributed by atoms with van der Waals surface area (Å²) in [5, 5.41) is 0.619. The number of anilines is 1. The van der Waals surface area contributed by atoms with Gasteiger partial charge in [-0.2, -0.15) is 4.31 Å². The zero-order valence-corrected chi connectivity index (χ0v) is 23.1. The van der Waals surface area contributed by atoms with Gasteiger partial charge in [-0.1, -0.05) is 11.3 Å². The van der Waals surface area contributed by atoms with Gasteiger partial charge in [-0.3, -0.25) is 9.69 Å². The molecular formula is C27H33N3O5S2. The molecule has 2 saturated heterocycles. The Hall–Kier alpha value is -2.37. The van der Waals surface area contributed by atoms with Gasteiger partial charge in [0.05, 0.1) is 33.9 Å². The number of thiazole rings is 1. The minimum Gasteiger partial charge on any atom is -0.377 e. The fourth-order valence-corrected chi connectivity index (χ4v) is 7.06. The molecule has 198 valence electrons. The third kappa shape index (κ3) is 5.58. The molecule has 2 aliphatic rings. The molecule has 3 aromatic rings. The Bertz CT molecular complexity index is 1340. The van der Waals surface area contributed by atoms with E-state index in [1.54, 1.807) is 24.1 Å². The Morgan fingerprint density at radius 1 is 1.00 bits per heavy atom. The van der Waals surface area contributed by atoms with Crippen LogP contribution in [0.15, 0.2) is 41.3 Å². The van der Waals surface area contributed by atoms with Crippen molar-refractivity contribution in [3.05, 3.63) is 53.1 Å². The topological polar surface area (TPSA) is 89.0 Å². The predicted molar refractivity (Wildman–Crippen MR) is 145 cm³/mol. The second-order valence-electron chi connectivity index (χ2n) is 9.90. The third-order valence-electron chi connectivity index (χ3n) is 7.17. The number of sulfonamides is 1. The Labute approximate surface area is 222 Å². The lowest BCUT2D eigenvalue weighted by molar-refractivity contribution is 0.0917. The van der Waals surface area contributed by atoms with Crippen molar-refractivity contribution in [2.75, 3.05) is 38.3 Å². The Morgan fingerprint density at radius 2 is 1.62 bits per heavy atom. The fraction of sp³-hybridized carbons (Fsp3) is 0.481. The molecule has 37 heavy (non-hydrogen) atoms. The molecule has 1 aromatic heterocycles.